The van der Waals surface area contributed by atoms with Gasteiger partial charge in [0.25, 0.3) is 0 Å². The normalized spacial score (nSPS) is 15.9. The average Bonchev–Trinajstić information content (AvgIpc) is 2.29. The van der Waals surface area contributed by atoms with Crippen molar-refractivity contribution in [3.8, 4) is 11.8 Å². The Morgan fingerprint density at radius 2 is 2.06 bits per heavy atom. The molecule has 0 saturated carbocycles. The molecule has 1 saturated heterocycles. The van der Waals surface area contributed by atoms with Crippen LogP contribution in [0.2, 0.25) is 0 Å². The molecule has 0 aromatic carbocycles. The van der Waals surface area contributed by atoms with E-state index in [0.29, 0.717) is 45.3 Å². The lowest BCUT2D eigenvalue weighted by atomic mass is 10.2. The van der Waals surface area contributed by atoms with Gasteiger partial charge >= 0.3 is 0 Å². The number of morpholine rings is 1. The number of carbonyl (C=O) groups excluding carboxylic acids is 1. The van der Waals surface area contributed by atoms with Crippen molar-refractivity contribution < 1.29 is 9.53 Å². The number of hydrogen-bond donors (Lipinski definition) is 0. The van der Waals surface area contributed by atoms with Crippen LogP contribution in [-0.4, -0.2) is 62.1 Å². The van der Waals surface area contributed by atoms with E-state index in [1.54, 1.807) is 0 Å². The van der Waals surface area contributed by atoms with E-state index in [1.807, 2.05) is 16.8 Å². The van der Waals surface area contributed by atoms with Crippen LogP contribution < -0.4 is 0 Å². The molecule has 0 spiro atoms. The van der Waals surface area contributed by atoms with E-state index in [4.69, 9.17) is 4.74 Å². The number of nitrogens with zero attached hydrogens (tertiary/aromatic N) is 2. The van der Waals surface area contributed by atoms with Gasteiger partial charge in [-0.15, -0.1) is 0 Å². The van der Waals surface area contributed by atoms with Gasteiger partial charge in [-0.1, -0.05) is 25.7 Å². The zero-order chi connectivity index (χ0) is 12.7. The van der Waals surface area contributed by atoms with Crippen LogP contribution in [-0.2, 0) is 9.53 Å². The monoisotopic (exact) mass is 238 g/mol. The van der Waals surface area contributed by atoms with Gasteiger partial charge in [0.1, 0.15) is 0 Å². The molecule has 4 heteroatoms. The summed E-state index contributed by atoms with van der Waals surface area (Å²) in [5.41, 5.74) is 0. The number of rotatable bonds is 3. The van der Waals surface area contributed by atoms with Gasteiger partial charge in [0.05, 0.1) is 26.3 Å². The zero-order valence-electron chi connectivity index (χ0n) is 11.0. The Hall–Kier alpha value is -1.05. The molecule has 1 fully saturated rings. The third-order valence-electron chi connectivity index (χ3n) is 2.51. The molecular formula is C13H22N2O2. The van der Waals surface area contributed by atoms with Crippen LogP contribution in [0.3, 0.4) is 0 Å². The molecule has 0 N–H and O–H groups in total. The highest BCUT2D eigenvalue weighted by molar-refractivity contribution is 5.78. The van der Waals surface area contributed by atoms with Gasteiger partial charge in [-0.05, 0) is 7.05 Å². The van der Waals surface area contributed by atoms with Crippen molar-refractivity contribution in [1.29, 1.82) is 0 Å². The predicted octanol–water partition coefficient (Wildman–Crippen LogP) is 0.436. The molecule has 4 nitrogen and oxygen atoms in total. The van der Waals surface area contributed by atoms with E-state index in [1.165, 1.54) is 0 Å². The molecule has 1 amide bonds. The number of carbonyl (C=O) groups is 1. The molecule has 0 radical (unpaired) electrons. The maximum atomic E-state index is 11.9. The second-order valence-corrected chi connectivity index (χ2v) is 4.64. The molecule has 1 rings (SSSR count). The van der Waals surface area contributed by atoms with Crippen LogP contribution in [0.5, 0.6) is 0 Å². The summed E-state index contributed by atoms with van der Waals surface area (Å²) in [6, 6.07) is 0. The Bertz CT molecular complexity index is 298. The van der Waals surface area contributed by atoms with E-state index in [0.717, 1.165) is 0 Å². The fourth-order valence-corrected chi connectivity index (χ4v) is 1.58. The molecule has 1 heterocycles. The summed E-state index contributed by atoms with van der Waals surface area (Å²) in [5.74, 6) is 6.72. The fourth-order valence-electron chi connectivity index (χ4n) is 1.58. The van der Waals surface area contributed by atoms with Crippen molar-refractivity contribution in [2.45, 2.75) is 13.8 Å². The first-order chi connectivity index (χ1) is 8.09. The van der Waals surface area contributed by atoms with Crippen molar-refractivity contribution in [1.82, 2.24) is 9.80 Å². The van der Waals surface area contributed by atoms with Gasteiger partial charge in [-0.2, -0.15) is 0 Å². The summed E-state index contributed by atoms with van der Waals surface area (Å²) in [6.07, 6.45) is 0. The van der Waals surface area contributed by atoms with E-state index in [9.17, 15) is 4.79 Å². The molecule has 0 unspecified atom stereocenters. The minimum absolute atomic E-state index is 0.169. The summed E-state index contributed by atoms with van der Waals surface area (Å²) >= 11 is 0. The minimum Gasteiger partial charge on any atom is -0.378 e. The van der Waals surface area contributed by atoms with Crippen LogP contribution in [0.25, 0.3) is 0 Å². The van der Waals surface area contributed by atoms with Gasteiger partial charge in [0.2, 0.25) is 5.91 Å². The van der Waals surface area contributed by atoms with Crippen molar-refractivity contribution in [3.05, 3.63) is 0 Å². The average molecular weight is 238 g/mol. The Labute approximate surface area is 104 Å². The second kappa shape index (κ2) is 7.31. The Morgan fingerprint density at radius 3 is 2.65 bits per heavy atom. The van der Waals surface area contributed by atoms with Gasteiger partial charge in [-0.25, -0.2) is 0 Å². The molecule has 0 aliphatic carbocycles. The molecule has 0 aromatic rings. The Morgan fingerprint density at radius 1 is 1.41 bits per heavy atom. The summed E-state index contributed by atoms with van der Waals surface area (Å²) < 4.78 is 5.22. The summed E-state index contributed by atoms with van der Waals surface area (Å²) in [6.45, 7) is 7.94. The molecule has 96 valence electrons. The lowest BCUT2D eigenvalue weighted by molar-refractivity contribution is -0.136. The number of hydrogen-bond acceptors (Lipinski definition) is 3. The van der Waals surface area contributed by atoms with Crippen LogP contribution >= 0.6 is 0 Å². The Kier molecular flexibility index (Phi) is 6.03. The largest absolute Gasteiger partial charge is 0.378 e. The molecule has 1 aliphatic heterocycles. The minimum atomic E-state index is 0.169. The van der Waals surface area contributed by atoms with Gasteiger partial charge in [0.15, 0.2) is 0 Å². The third kappa shape index (κ3) is 5.71. The number of amides is 1. The summed E-state index contributed by atoms with van der Waals surface area (Å²) in [7, 11) is 1.92. The predicted molar refractivity (Wildman–Crippen MR) is 67.5 cm³/mol. The van der Waals surface area contributed by atoms with E-state index < -0.39 is 0 Å². The highest BCUT2D eigenvalue weighted by atomic mass is 16.5. The van der Waals surface area contributed by atoms with Gasteiger partial charge < -0.3 is 9.64 Å². The highest BCUT2D eigenvalue weighted by Crippen LogP contribution is 1.98. The SMILES string of the molecule is CC(C)C#CCN(C)CC(=O)N1CCOCC1. The van der Waals surface area contributed by atoms with Crippen molar-refractivity contribution in [3.63, 3.8) is 0 Å². The highest BCUT2D eigenvalue weighted by Gasteiger charge is 2.17. The molecule has 0 bridgehead atoms. The van der Waals surface area contributed by atoms with Crippen LogP contribution in [0.15, 0.2) is 0 Å². The molecule has 17 heavy (non-hydrogen) atoms. The van der Waals surface area contributed by atoms with E-state index >= 15 is 0 Å². The van der Waals surface area contributed by atoms with Crippen LogP contribution in [0, 0.1) is 17.8 Å². The maximum absolute atomic E-state index is 11.9. The molecular weight excluding hydrogens is 216 g/mol. The fraction of sp³-hybridized carbons (Fsp3) is 0.769. The zero-order valence-corrected chi connectivity index (χ0v) is 11.0. The molecule has 1 aliphatic rings. The Balaban J connectivity index is 2.28. The first kappa shape index (κ1) is 14.0. The third-order valence-corrected chi connectivity index (χ3v) is 2.51. The van der Waals surface area contributed by atoms with Crippen LogP contribution in [0.1, 0.15) is 13.8 Å². The van der Waals surface area contributed by atoms with E-state index in [2.05, 4.69) is 25.7 Å². The maximum Gasteiger partial charge on any atom is 0.236 e. The topological polar surface area (TPSA) is 32.8 Å². The second-order valence-electron chi connectivity index (χ2n) is 4.64. The first-order valence-electron chi connectivity index (χ1n) is 6.12. The smallest absolute Gasteiger partial charge is 0.236 e. The molecule has 0 aromatic heterocycles. The van der Waals surface area contributed by atoms with Crippen molar-refractivity contribution >= 4 is 5.91 Å². The van der Waals surface area contributed by atoms with Crippen LogP contribution in [0.4, 0.5) is 0 Å². The summed E-state index contributed by atoms with van der Waals surface area (Å²) in [5, 5.41) is 0. The molecule has 0 atom stereocenters. The van der Waals surface area contributed by atoms with Gasteiger partial charge in [0, 0.05) is 19.0 Å². The number of likely N-dealkylation sites (N-methyl/N-ethyl adjacent to an activating group) is 1. The standard InChI is InChI=1S/C13H22N2O2/c1-12(2)5-4-6-14(3)11-13(16)15-7-9-17-10-8-15/h12H,6-11H2,1-3H3. The quantitative estimate of drug-likeness (QED) is 0.669. The first-order valence-corrected chi connectivity index (χ1v) is 6.12. The van der Waals surface area contributed by atoms with Crippen molar-refractivity contribution in [2.75, 3.05) is 46.4 Å². The lowest BCUT2D eigenvalue weighted by Crippen LogP contribution is -2.45. The number of ether oxygens (including phenoxy) is 1. The lowest BCUT2D eigenvalue weighted by Gasteiger charge is -2.28. The van der Waals surface area contributed by atoms with E-state index in [-0.39, 0.29) is 5.91 Å². The summed E-state index contributed by atoms with van der Waals surface area (Å²) in [4.78, 5) is 15.7. The van der Waals surface area contributed by atoms with Gasteiger partial charge in [-0.3, -0.25) is 9.69 Å². The van der Waals surface area contributed by atoms with Crippen molar-refractivity contribution in [2.24, 2.45) is 5.92 Å².